The number of nitrogen functional groups attached to an aromatic ring is 1. The van der Waals surface area contributed by atoms with Crippen molar-refractivity contribution in [2.45, 2.75) is 0 Å². The van der Waals surface area contributed by atoms with Crippen LogP contribution in [0.5, 0.6) is 0 Å². The molecule has 28 heavy (non-hydrogen) atoms. The SMILES string of the molecule is Nc1c(C=C2C=C(Cl)C(=O)C(Cl)=C2)c(=O)nc2scc(-c3ccccc3Cl)n12. The number of ketones is 1. The number of hydrogen-bond donors (Lipinski definition) is 1. The molecule has 5 nitrogen and oxygen atoms in total. The Labute approximate surface area is 178 Å². The summed E-state index contributed by atoms with van der Waals surface area (Å²) in [5.74, 6) is -0.276. The van der Waals surface area contributed by atoms with Crippen LogP contribution >= 0.6 is 46.1 Å². The van der Waals surface area contributed by atoms with Gasteiger partial charge in [-0.1, -0.05) is 53.0 Å². The first-order valence-corrected chi connectivity index (χ1v) is 9.93. The second kappa shape index (κ2) is 7.22. The van der Waals surface area contributed by atoms with Gasteiger partial charge in [-0.3, -0.25) is 14.0 Å². The van der Waals surface area contributed by atoms with Crippen LogP contribution in [0.15, 0.2) is 62.2 Å². The highest BCUT2D eigenvalue weighted by Gasteiger charge is 2.19. The molecule has 0 radical (unpaired) electrons. The molecule has 0 saturated carbocycles. The molecule has 2 heterocycles. The topological polar surface area (TPSA) is 77.5 Å². The Bertz CT molecular complexity index is 1280. The lowest BCUT2D eigenvalue weighted by Crippen LogP contribution is -2.16. The van der Waals surface area contributed by atoms with Gasteiger partial charge in [-0.25, -0.2) is 0 Å². The third-order valence-electron chi connectivity index (χ3n) is 4.13. The molecule has 0 amide bonds. The van der Waals surface area contributed by atoms with Gasteiger partial charge in [0.15, 0.2) is 4.96 Å². The van der Waals surface area contributed by atoms with E-state index >= 15 is 0 Å². The van der Waals surface area contributed by atoms with Crippen LogP contribution in [-0.2, 0) is 4.79 Å². The minimum Gasteiger partial charge on any atom is -0.384 e. The molecule has 140 valence electrons. The molecule has 0 bridgehead atoms. The molecule has 1 aliphatic carbocycles. The molecular formula is C19H10Cl3N3O2S. The maximum atomic E-state index is 12.5. The zero-order valence-corrected chi connectivity index (χ0v) is 17.0. The lowest BCUT2D eigenvalue weighted by Gasteiger charge is -2.10. The number of aromatic nitrogens is 2. The number of rotatable bonds is 2. The number of allylic oxidation sites excluding steroid dienone is 5. The van der Waals surface area contributed by atoms with Crippen molar-refractivity contribution in [2.24, 2.45) is 0 Å². The first kappa shape index (κ1) is 19.0. The van der Waals surface area contributed by atoms with Gasteiger partial charge in [0.25, 0.3) is 5.56 Å². The van der Waals surface area contributed by atoms with Crippen LogP contribution < -0.4 is 11.3 Å². The number of nitrogens with zero attached hydrogens (tertiary/aromatic N) is 2. The van der Waals surface area contributed by atoms with E-state index < -0.39 is 11.3 Å². The standard InChI is InChI=1S/C19H10Cl3N3O2S/c20-12-4-2-1-3-10(12)15-8-28-19-24-18(27)11(17(23)25(15)19)5-9-6-13(21)16(26)14(22)7-9/h1-8H,23H2. The van der Waals surface area contributed by atoms with Crippen molar-refractivity contribution in [1.82, 2.24) is 9.38 Å². The average Bonchev–Trinajstić information content (AvgIpc) is 3.07. The molecule has 3 aromatic rings. The fraction of sp³-hybridized carbons (Fsp3) is 0. The number of anilines is 1. The van der Waals surface area contributed by atoms with Gasteiger partial charge >= 0.3 is 0 Å². The number of carbonyl (C=O) groups excluding carboxylic acids is 1. The number of thiazole rings is 1. The van der Waals surface area contributed by atoms with Crippen LogP contribution in [0, 0.1) is 0 Å². The number of nitrogens with two attached hydrogens (primary N) is 1. The lowest BCUT2D eigenvalue weighted by molar-refractivity contribution is -0.111. The third-order valence-corrected chi connectivity index (χ3v) is 5.85. The fourth-order valence-electron chi connectivity index (χ4n) is 2.82. The predicted molar refractivity (Wildman–Crippen MR) is 115 cm³/mol. The van der Waals surface area contributed by atoms with Crippen molar-refractivity contribution in [3.05, 3.63) is 78.4 Å². The summed E-state index contributed by atoms with van der Waals surface area (Å²) in [5, 5.41) is 2.30. The third kappa shape index (κ3) is 3.18. The molecule has 0 unspecified atom stereocenters. The molecule has 4 rings (SSSR count). The normalized spacial score (nSPS) is 14.2. The van der Waals surface area contributed by atoms with Crippen LogP contribution in [0.3, 0.4) is 0 Å². The number of Topliss-reactive ketones (excluding diaryl/α,β-unsaturated/α-hetero) is 1. The van der Waals surface area contributed by atoms with Gasteiger partial charge in [0.1, 0.15) is 5.82 Å². The van der Waals surface area contributed by atoms with E-state index in [1.807, 2.05) is 23.6 Å². The molecule has 0 spiro atoms. The zero-order valence-electron chi connectivity index (χ0n) is 13.9. The van der Waals surface area contributed by atoms with Gasteiger partial charge in [-0.05, 0) is 29.9 Å². The summed E-state index contributed by atoms with van der Waals surface area (Å²) in [4.78, 5) is 28.8. The molecule has 9 heteroatoms. The summed E-state index contributed by atoms with van der Waals surface area (Å²) in [6.45, 7) is 0. The highest BCUT2D eigenvalue weighted by molar-refractivity contribution is 7.15. The Morgan fingerprint density at radius 1 is 1.07 bits per heavy atom. The molecule has 2 aromatic heterocycles. The monoisotopic (exact) mass is 449 g/mol. The number of hydrogen-bond acceptors (Lipinski definition) is 5. The van der Waals surface area contributed by atoms with Gasteiger partial charge in [0.05, 0.1) is 21.3 Å². The Kier molecular flexibility index (Phi) is 4.89. The highest BCUT2D eigenvalue weighted by atomic mass is 35.5. The number of benzene rings is 1. The predicted octanol–water partition coefficient (Wildman–Crippen LogP) is 4.87. The van der Waals surface area contributed by atoms with Gasteiger partial charge in [-0.2, -0.15) is 4.98 Å². The minimum absolute atomic E-state index is 0.0428. The number of halogens is 3. The number of fused-ring (bicyclic) bond motifs is 1. The van der Waals surface area contributed by atoms with Gasteiger partial charge in [0.2, 0.25) is 5.78 Å². The summed E-state index contributed by atoms with van der Waals surface area (Å²) in [6, 6.07) is 7.32. The van der Waals surface area contributed by atoms with Crippen molar-refractivity contribution < 1.29 is 4.79 Å². The van der Waals surface area contributed by atoms with E-state index in [1.165, 1.54) is 29.6 Å². The van der Waals surface area contributed by atoms with Crippen molar-refractivity contribution >= 4 is 68.8 Å². The molecule has 0 aliphatic heterocycles. The zero-order chi connectivity index (χ0) is 20.0. The van der Waals surface area contributed by atoms with E-state index in [1.54, 1.807) is 10.5 Å². The van der Waals surface area contributed by atoms with E-state index in [0.717, 1.165) is 11.3 Å². The van der Waals surface area contributed by atoms with Crippen LogP contribution in [0.1, 0.15) is 5.56 Å². The van der Waals surface area contributed by atoms with E-state index in [0.29, 0.717) is 15.6 Å². The Hall–Kier alpha value is -2.38. The molecule has 1 aromatic carbocycles. The maximum Gasteiger partial charge on any atom is 0.283 e. The fourth-order valence-corrected chi connectivity index (χ4v) is 4.44. The first-order valence-electron chi connectivity index (χ1n) is 7.92. The van der Waals surface area contributed by atoms with Crippen LogP contribution in [0.4, 0.5) is 5.82 Å². The summed E-state index contributed by atoms with van der Waals surface area (Å²) < 4.78 is 1.67. The van der Waals surface area contributed by atoms with Crippen molar-refractivity contribution in [2.75, 3.05) is 5.73 Å². The second-order valence-electron chi connectivity index (χ2n) is 5.89. The van der Waals surface area contributed by atoms with Crippen molar-refractivity contribution in [1.29, 1.82) is 0 Å². The molecule has 0 fully saturated rings. The quantitative estimate of drug-likeness (QED) is 0.604. The minimum atomic E-state index is -0.497. The van der Waals surface area contributed by atoms with Crippen LogP contribution in [0.25, 0.3) is 22.3 Å². The molecular weight excluding hydrogens is 441 g/mol. The summed E-state index contributed by atoms with van der Waals surface area (Å²) in [6.07, 6.45) is 4.35. The molecule has 2 N–H and O–H groups in total. The lowest BCUT2D eigenvalue weighted by atomic mass is 10.1. The summed E-state index contributed by atoms with van der Waals surface area (Å²) >= 11 is 19.4. The second-order valence-corrected chi connectivity index (χ2v) is 7.95. The van der Waals surface area contributed by atoms with E-state index in [9.17, 15) is 9.59 Å². The number of carbonyl (C=O) groups is 1. The molecule has 0 saturated heterocycles. The summed E-state index contributed by atoms with van der Waals surface area (Å²) in [5.41, 5.74) is 7.95. The van der Waals surface area contributed by atoms with Gasteiger partial charge in [0, 0.05) is 16.0 Å². The van der Waals surface area contributed by atoms with Crippen molar-refractivity contribution in [3.8, 4) is 11.3 Å². The highest BCUT2D eigenvalue weighted by Crippen LogP contribution is 2.33. The smallest absolute Gasteiger partial charge is 0.283 e. The van der Waals surface area contributed by atoms with Gasteiger partial charge < -0.3 is 5.73 Å². The van der Waals surface area contributed by atoms with Crippen molar-refractivity contribution in [3.63, 3.8) is 0 Å². The first-order chi connectivity index (χ1) is 13.4. The molecule has 0 atom stereocenters. The van der Waals surface area contributed by atoms with E-state index in [2.05, 4.69) is 4.98 Å². The Morgan fingerprint density at radius 3 is 2.43 bits per heavy atom. The Balaban J connectivity index is 1.96. The maximum absolute atomic E-state index is 12.5. The van der Waals surface area contributed by atoms with E-state index in [4.69, 9.17) is 40.5 Å². The van der Waals surface area contributed by atoms with Gasteiger partial charge in [-0.15, -0.1) is 11.3 Å². The summed E-state index contributed by atoms with van der Waals surface area (Å²) in [7, 11) is 0. The van der Waals surface area contributed by atoms with Crippen LogP contribution in [-0.4, -0.2) is 15.2 Å². The molecule has 1 aliphatic rings. The Morgan fingerprint density at radius 2 is 1.75 bits per heavy atom. The van der Waals surface area contributed by atoms with E-state index in [-0.39, 0.29) is 21.4 Å². The average molecular weight is 451 g/mol. The van der Waals surface area contributed by atoms with Crippen LogP contribution in [0.2, 0.25) is 5.02 Å². The largest absolute Gasteiger partial charge is 0.384 e.